The Kier molecular flexibility index (Phi) is 4.65. The van der Waals surface area contributed by atoms with Gasteiger partial charge in [0.15, 0.2) is 17.1 Å². The molecule has 10 heteroatoms. The molecule has 2 N–H and O–H groups in total. The van der Waals surface area contributed by atoms with Crippen LogP contribution in [-0.2, 0) is 0 Å². The lowest BCUT2D eigenvalue weighted by atomic mass is 10.2. The fourth-order valence-corrected chi connectivity index (χ4v) is 4.06. The lowest BCUT2D eigenvalue weighted by molar-refractivity contribution is 0.0996. The van der Waals surface area contributed by atoms with E-state index in [1.807, 2.05) is 31.2 Å². The average Bonchev–Trinajstić information content (AvgIpc) is 3.35. The van der Waals surface area contributed by atoms with Crippen LogP contribution >= 0.6 is 0 Å². The van der Waals surface area contributed by atoms with Gasteiger partial charge in [0.05, 0.1) is 34.7 Å². The monoisotopic (exact) mass is 458 g/mol. The van der Waals surface area contributed by atoms with Crippen molar-refractivity contribution in [3.63, 3.8) is 0 Å². The van der Waals surface area contributed by atoms with Crippen LogP contribution in [0.5, 0.6) is 11.5 Å². The van der Waals surface area contributed by atoms with E-state index in [1.165, 1.54) is 16.8 Å². The topological polar surface area (TPSA) is 107 Å². The summed E-state index contributed by atoms with van der Waals surface area (Å²) in [4.78, 5) is 22.3. The molecule has 0 spiro atoms. The Balaban J connectivity index is 1.40. The number of anilines is 1. The molecule has 1 unspecified atom stereocenters. The number of hydrogen-bond donors (Lipinski definition) is 2. The summed E-state index contributed by atoms with van der Waals surface area (Å²) in [6, 6.07) is 12.1. The predicted octanol–water partition coefficient (Wildman–Crippen LogP) is 3.36. The summed E-state index contributed by atoms with van der Waals surface area (Å²) in [7, 11) is 0. The van der Waals surface area contributed by atoms with E-state index in [0.717, 1.165) is 5.56 Å². The molecule has 0 saturated heterocycles. The van der Waals surface area contributed by atoms with Crippen molar-refractivity contribution in [3.05, 3.63) is 76.6 Å². The van der Waals surface area contributed by atoms with Crippen LogP contribution in [0, 0.1) is 12.7 Å². The van der Waals surface area contributed by atoms with E-state index < -0.39 is 11.4 Å². The average molecular weight is 458 g/mol. The second kappa shape index (κ2) is 7.84. The maximum atomic E-state index is 14.8. The summed E-state index contributed by atoms with van der Waals surface area (Å²) in [6.07, 6.45) is 2.74. The van der Waals surface area contributed by atoms with Crippen LogP contribution in [-0.4, -0.2) is 44.0 Å². The molecule has 0 aliphatic carbocycles. The van der Waals surface area contributed by atoms with Crippen LogP contribution in [0.2, 0.25) is 0 Å². The maximum Gasteiger partial charge on any atom is 0.267 e. The van der Waals surface area contributed by atoms with Crippen LogP contribution in [0.1, 0.15) is 5.56 Å². The molecule has 0 saturated carbocycles. The second-order valence-corrected chi connectivity index (χ2v) is 8.06. The third-order valence-electron chi connectivity index (χ3n) is 5.72. The zero-order valence-electron chi connectivity index (χ0n) is 18.1. The Morgan fingerprint density at radius 1 is 1.18 bits per heavy atom. The summed E-state index contributed by atoms with van der Waals surface area (Å²) < 4.78 is 27.8. The summed E-state index contributed by atoms with van der Waals surface area (Å²) >= 11 is 0. The van der Waals surface area contributed by atoms with Gasteiger partial charge in [-0.05, 0) is 36.8 Å². The van der Waals surface area contributed by atoms with Gasteiger partial charge in [-0.1, -0.05) is 18.2 Å². The molecular formula is C24H19FN6O3. The molecule has 5 aromatic rings. The van der Waals surface area contributed by atoms with Crippen LogP contribution in [0.15, 0.2) is 59.7 Å². The first-order valence-electron chi connectivity index (χ1n) is 10.7. The van der Waals surface area contributed by atoms with Gasteiger partial charge in [-0.2, -0.15) is 10.1 Å². The zero-order chi connectivity index (χ0) is 23.2. The number of fused-ring (bicyclic) bond motifs is 4. The van der Waals surface area contributed by atoms with Crippen molar-refractivity contribution in [2.75, 3.05) is 18.5 Å². The van der Waals surface area contributed by atoms with Crippen LogP contribution < -0.4 is 20.3 Å². The van der Waals surface area contributed by atoms with Gasteiger partial charge in [-0.25, -0.2) is 9.37 Å². The number of nitrogens with one attached hydrogen (secondary N) is 2. The fraction of sp³-hybridized carbons (Fsp3) is 0.167. The Hall–Kier alpha value is -4.47. The third kappa shape index (κ3) is 3.31. The van der Waals surface area contributed by atoms with Gasteiger partial charge in [0, 0.05) is 6.20 Å². The van der Waals surface area contributed by atoms with Gasteiger partial charge in [0.25, 0.3) is 5.56 Å². The summed E-state index contributed by atoms with van der Waals surface area (Å²) in [6.45, 7) is 2.57. The van der Waals surface area contributed by atoms with Crippen LogP contribution in [0.25, 0.3) is 27.6 Å². The molecule has 2 aromatic carbocycles. The number of para-hydroxylation sites is 2. The second-order valence-electron chi connectivity index (χ2n) is 8.06. The molecule has 4 heterocycles. The minimum Gasteiger partial charge on any atom is -0.486 e. The number of aromatic nitrogens is 5. The highest BCUT2D eigenvalue weighted by Gasteiger charge is 2.22. The zero-order valence-corrected chi connectivity index (χ0v) is 18.1. The van der Waals surface area contributed by atoms with Gasteiger partial charge in [-0.3, -0.25) is 14.5 Å². The molecular weight excluding hydrogens is 439 g/mol. The largest absolute Gasteiger partial charge is 0.486 e. The predicted molar refractivity (Wildman–Crippen MR) is 124 cm³/mol. The molecule has 1 aliphatic heterocycles. The lowest BCUT2D eigenvalue weighted by Crippen LogP contribution is -2.35. The highest BCUT2D eigenvalue weighted by Crippen LogP contribution is 2.31. The van der Waals surface area contributed by atoms with Gasteiger partial charge in [-0.15, -0.1) is 0 Å². The molecule has 0 bridgehead atoms. The summed E-state index contributed by atoms with van der Waals surface area (Å²) in [5.41, 5.74) is 1.26. The van der Waals surface area contributed by atoms with Crippen molar-refractivity contribution < 1.29 is 13.9 Å². The lowest BCUT2D eigenvalue weighted by Gasteiger charge is -2.26. The number of pyridine rings is 1. The molecule has 0 fully saturated rings. The molecule has 0 radical (unpaired) electrons. The first kappa shape index (κ1) is 20.2. The van der Waals surface area contributed by atoms with Crippen molar-refractivity contribution in [2.45, 2.75) is 13.0 Å². The quantitative estimate of drug-likeness (QED) is 0.425. The Morgan fingerprint density at radius 2 is 2.03 bits per heavy atom. The molecule has 0 amide bonds. The van der Waals surface area contributed by atoms with Gasteiger partial charge < -0.3 is 14.8 Å². The Bertz CT molecular complexity index is 1610. The molecule has 170 valence electrons. The van der Waals surface area contributed by atoms with E-state index in [0.29, 0.717) is 40.9 Å². The number of ether oxygens (including phenoxy) is 2. The molecule has 1 atom stereocenters. The first-order valence-corrected chi connectivity index (χ1v) is 10.7. The fourth-order valence-electron chi connectivity index (χ4n) is 4.06. The van der Waals surface area contributed by atoms with E-state index in [4.69, 9.17) is 9.47 Å². The van der Waals surface area contributed by atoms with Crippen molar-refractivity contribution in [3.8, 4) is 17.2 Å². The van der Waals surface area contributed by atoms with E-state index in [2.05, 4.69) is 25.5 Å². The molecule has 1 aliphatic rings. The minimum atomic E-state index is -0.531. The number of rotatable bonds is 4. The highest BCUT2D eigenvalue weighted by atomic mass is 19.1. The smallest absolute Gasteiger partial charge is 0.267 e. The van der Waals surface area contributed by atoms with Crippen molar-refractivity contribution in [2.24, 2.45) is 0 Å². The van der Waals surface area contributed by atoms with Gasteiger partial charge in [0.2, 0.25) is 5.95 Å². The minimum absolute atomic E-state index is 0.114. The standard InChI is InChI=1S/C24H19FN6O3/c1-13-6-7-17(25)18(8-13)31-22-15(21-16(23(31)32)11-28-30-21)10-27-24(29-22)26-9-14-12-33-19-4-2-3-5-20(19)34-14/h2-8,10-11,14H,9,12H2,1H3,(H,28,30)(H,26,27,29). The van der Waals surface area contributed by atoms with Gasteiger partial charge >= 0.3 is 0 Å². The summed E-state index contributed by atoms with van der Waals surface area (Å²) in [5, 5.41) is 10.8. The van der Waals surface area contributed by atoms with Crippen LogP contribution in [0.3, 0.4) is 0 Å². The molecule has 9 nitrogen and oxygen atoms in total. The Labute approximate surface area is 192 Å². The Morgan fingerprint density at radius 3 is 2.91 bits per heavy atom. The summed E-state index contributed by atoms with van der Waals surface area (Å²) in [5.74, 6) is 1.12. The normalized spacial score (nSPS) is 15.1. The van der Waals surface area contributed by atoms with E-state index in [-0.39, 0.29) is 23.4 Å². The number of aromatic amines is 1. The third-order valence-corrected chi connectivity index (χ3v) is 5.72. The highest BCUT2D eigenvalue weighted by molar-refractivity contribution is 6.02. The SMILES string of the molecule is Cc1ccc(F)c(-n2c(=O)c3cn[nH]c3c3cnc(NCC4COc5ccccc5O4)nc32)c1. The van der Waals surface area contributed by atoms with Crippen LogP contribution in [0.4, 0.5) is 10.3 Å². The number of nitrogens with zero attached hydrogens (tertiary/aromatic N) is 4. The molecule has 34 heavy (non-hydrogen) atoms. The van der Waals surface area contributed by atoms with Crippen molar-refractivity contribution in [1.29, 1.82) is 0 Å². The van der Waals surface area contributed by atoms with E-state index >= 15 is 0 Å². The number of aryl methyl sites for hydroxylation is 1. The number of hydrogen-bond acceptors (Lipinski definition) is 7. The van der Waals surface area contributed by atoms with Crippen molar-refractivity contribution >= 4 is 27.9 Å². The molecule has 6 rings (SSSR count). The first-order chi connectivity index (χ1) is 16.6. The van der Waals surface area contributed by atoms with Crippen molar-refractivity contribution in [1.82, 2.24) is 24.7 Å². The molecule has 3 aromatic heterocycles. The van der Waals surface area contributed by atoms with Gasteiger partial charge in [0.1, 0.15) is 18.5 Å². The number of H-pyrrole nitrogens is 1. The van der Waals surface area contributed by atoms with E-state index in [9.17, 15) is 9.18 Å². The van der Waals surface area contributed by atoms with E-state index in [1.54, 1.807) is 18.3 Å². The number of halogens is 1. The number of benzene rings is 2. The maximum absolute atomic E-state index is 14.8.